The lowest BCUT2D eigenvalue weighted by molar-refractivity contribution is 0.101. The molecule has 0 unspecified atom stereocenters. The maximum Gasteiger partial charge on any atom is 0.0922 e. The van der Waals surface area contributed by atoms with E-state index in [1.165, 1.54) is 0 Å². The third kappa shape index (κ3) is 5.40. The first-order chi connectivity index (χ1) is 9.42. The number of aryl methyl sites for hydroxylation is 1. The Bertz CT molecular complexity index is 528. The first-order valence-electron chi connectivity index (χ1n) is 7.31. The number of benzene rings is 1. The van der Waals surface area contributed by atoms with Crippen LogP contribution in [0, 0.1) is 17.8 Å². The van der Waals surface area contributed by atoms with E-state index in [-0.39, 0.29) is 10.8 Å². The van der Waals surface area contributed by atoms with Crippen LogP contribution in [0.15, 0.2) is 40.1 Å². The summed E-state index contributed by atoms with van der Waals surface area (Å²) in [5.41, 5.74) is 0.646. The fraction of sp³-hybridized carbons (Fsp3) is 0.556. The minimum atomic E-state index is -1.34. The quantitative estimate of drug-likeness (QED) is 0.896. The van der Waals surface area contributed by atoms with Gasteiger partial charge < -0.3 is 5.11 Å². The average Bonchev–Trinajstić information content (AvgIpc) is 2.33. The van der Waals surface area contributed by atoms with Crippen molar-refractivity contribution in [3.63, 3.8) is 0 Å². The average molecular weight is 308 g/mol. The predicted octanol–water partition coefficient (Wildman–Crippen LogP) is 4.44. The molecule has 0 aliphatic carbocycles. The summed E-state index contributed by atoms with van der Waals surface area (Å²) in [4.78, 5) is 1.33. The van der Waals surface area contributed by atoms with Gasteiger partial charge in [0.1, 0.15) is 0 Å². The van der Waals surface area contributed by atoms with Crippen molar-refractivity contribution >= 4 is 10.8 Å². The van der Waals surface area contributed by atoms with Crippen molar-refractivity contribution in [2.24, 2.45) is 10.8 Å². The third-order valence-electron chi connectivity index (χ3n) is 3.11. The Labute approximate surface area is 131 Å². The number of rotatable bonds is 3. The van der Waals surface area contributed by atoms with Crippen molar-refractivity contribution in [3.05, 3.63) is 40.8 Å². The van der Waals surface area contributed by atoms with E-state index in [9.17, 15) is 9.32 Å². The van der Waals surface area contributed by atoms with Crippen molar-refractivity contribution in [2.75, 3.05) is 0 Å². The molecule has 0 aromatic heterocycles. The smallest absolute Gasteiger partial charge is 0.0922 e. The largest absolute Gasteiger partial charge is 0.387 e. The van der Waals surface area contributed by atoms with Crippen LogP contribution in [0.1, 0.15) is 47.1 Å². The van der Waals surface area contributed by atoms with Gasteiger partial charge in [0.2, 0.25) is 0 Å². The molecule has 0 amide bonds. The molecule has 1 aromatic carbocycles. The normalized spacial score (nSPS) is 16.7. The van der Waals surface area contributed by atoms with Gasteiger partial charge in [-0.05, 0) is 29.9 Å². The maximum absolute atomic E-state index is 12.9. The highest BCUT2D eigenvalue weighted by atomic mass is 32.2. The summed E-state index contributed by atoms with van der Waals surface area (Å²) in [5, 5.41) is 10.6. The van der Waals surface area contributed by atoms with E-state index in [1.54, 1.807) is 0 Å². The number of aliphatic hydroxyl groups is 1. The van der Waals surface area contributed by atoms with Crippen molar-refractivity contribution in [1.29, 1.82) is 0 Å². The number of allylic oxidation sites excluding steroid dienone is 1. The van der Waals surface area contributed by atoms with Crippen LogP contribution in [0.25, 0.3) is 0 Å². The van der Waals surface area contributed by atoms with Crippen LogP contribution >= 0.6 is 0 Å². The van der Waals surface area contributed by atoms with Crippen LogP contribution in [0.2, 0.25) is 0 Å². The molecule has 1 aromatic rings. The van der Waals surface area contributed by atoms with Crippen LogP contribution in [0.5, 0.6) is 0 Å². The fourth-order valence-corrected chi connectivity index (χ4v) is 3.56. The zero-order valence-corrected chi connectivity index (χ0v) is 15.0. The molecule has 0 aliphatic rings. The van der Waals surface area contributed by atoms with Gasteiger partial charge in [0.05, 0.1) is 16.9 Å². The van der Waals surface area contributed by atoms with E-state index in [0.29, 0.717) is 4.91 Å². The second-order valence-electron chi connectivity index (χ2n) is 7.76. The van der Waals surface area contributed by atoms with Gasteiger partial charge in [0, 0.05) is 9.80 Å². The molecule has 0 radical (unpaired) electrons. The molecule has 0 bridgehead atoms. The molecular weight excluding hydrogens is 280 g/mol. The van der Waals surface area contributed by atoms with Gasteiger partial charge in [-0.3, -0.25) is 0 Å². The molecule has 2 nitrogen and oxygen atoms in total. The Morgan fingerprint density at radius 1 is 1.10 bits per heavy atom. The summed E-state index contributed by atoms with van der Waals surface area (Å²) < 4.78 is 12.9. The lowest BCUT2D eigenvalue weighted by atomic mass is 9.86. The lowest BCUT2D eigenvalue weighted by Gasteiger charge is -2.29. The van der Waals surface area contributed by atoms with E-state index < -0.39 is 16.9 Å². The highest BCUT2D eigenvalue weighted by Gasteiger charge is 2.31. The highest BCUT2D eigenvalue weighted by Crippen LogP contribution is 2.32. The monoisotopic (exact) mass is 308 g/mol. The Kier molecular flexibility index (Phi) is 5.57. The first kappa shape index (κ1) is 18.1. The molecule has 1 N–H and O–H groups in total. The van der Waals surface area contributed by atoms with Gasteiger partial charge in [-0.25, -0.2) is 4.21 Å². The number of aliphatic hydroxyl groups excluding tert-OH is 1. The van der Waals surface area contributed by atoms with E-state index in [0.717, 1.165) is 10.5 Å². The minimum Gasteiger partial charge on any atom is -0.387 e. The Hall–Kier alpha value is -0.930. The van der Waals surface area contributed by atoms with Gasteiger partial charge in [0.25, 0.3) is 0 Å². The van der Waals surface area contributed by atoms with Crippen molar-refractivity contribution in [2.45, 2.75) is 59.5 Å². The van der Waals surface area contributed by atoms with E-state index in [2.05, 4.69) is 20.8 Å². The molecule has 1 rings (SSSR count). The van der Waals surface area contributed by atoms with Crippen LogP contribution in [0.4, 0.5) is 0 Å². The molecule has 0 heterocycles. The van der Waals surface area contributed by atoms with Gasteiger partial charge in [0.15, 0.2) is 0 Å². The standard InChI is InChI=1S/C18H28O2S/c1-13-8-10-14(11-9-13)21(20)15(12-17(2,3)4)16(19)18(5,6)7/h8-12,16,19H,1-7H3/b15-12+/t16-,21-/m0/s1. The van der Waals surface area contributed by atoms with Crippen LogP contribution in [-0.4, -0.2) is 15.4 Å². The molecule has 118 valence electrons. The van der Waals surface area contributed by atoms with Crippen molar-refractivity contribution in [1.82, 2.24) is 0 Å². The van der Waals surface area contributed by atoms with Gasteiger partial charge in [-0.1, -0.05) is 65.3 Å². The van der Waals surface area contributed by atoms with E-state index in [4.69, 9.17) is 0 Å². The van der Waals surface area contributed by atoms with E-state index in [1.807, 2.05) is 58.0 Å². The second-order valence-corrected chi connectivity index (χ2v) is 9.24. The van der Waals surface area contributed by atoms with E-state index >= 15 is 0 Å². The second kappa shape index (κ2) is 6.45. The lowest BCUT2D eigenvalue weighted by Crippen LogP contribution is -2.30. The zero-order valence-electron chi connectivity index (χ0n) is 14.2. The predicted molar refractivity (Wildman–Crippen MR) is 90.6 cm³/mol. The van der Waals surface area contributed by atoms with Crippen LogP contribution in [0.3, 0.4) is 0 Å². The zero-order chi connectivity index (χ0) is 16.4. The summed E-state index contributed by atoms with van der Waals surface area (Å²) in [7, 11) is -1.34. The summed E-state index contributed by atoms with van der Waals surface area (Å²) in [6.07, 6.45) is 1.21. The molecule has 0 fully saturated rings. The summed E-state index contributed by atoms with van der Waals surface area (Å²) in [5.74, 6) is 0. The van der Waals surface area contributed by atoms with Gasteiger partial charge in [-0.15, -0.1) is 0 Å². The summed E-state index contributed by atoms with van der Waals surface area (Å²) in [6.45, 7) is 14.0. The first-order valence-corrected chi connectivity index (χ1v) is 8.46. The molecule has 0 saturated carbocycles. The molecule has 2 atom stereocenters. The highest BCUT2D eigenvalue weighted by molar-refractivity contribution is 7.89. The summed E-state index contributed by atoms with van der Waals surface area (Å²) >= 11 is 0. The number of hydrogen-bond donors (Lipinski definition) is 1. The minimum absolute atomic E-state index is 0.137. The SMILES string of the molecule is Cc1ccc([S@](=O)/C(=C/C(C)(C)C)[C@H](O)C(C)(C)C)cc1. The Morgan fingerprint density at radius 3 is 1.95 bits per heavy atom. The van der Waals surface area contributed by atoms with Crippen LogP contribution < -0.4 is 0 Å². The topological polar surface area (TPSA) is 37.3 Å². The third-order valence-corrected chi connectivity index (χ3v) is 4.58. The maximum atomic E-state index is 12.9. The fourth-order valence-electron chi connectivity index (χ4n) is 1.89. The molecular formula is C18H28O2S. The molecule has 21 heavy (non-hydrogen) atoms. The van der Waals surface area contributed by atoms with Gasteiger partial charge >= 0.3 is 0 Å². The van der Waals surface area contributed by atoms with Crippen molar-refractivity contribution in [3.8, 4) is 0 Å². The molecule has 0 spiro atoms. The molecule has 3 heteroatoms. The molecule has 0 aliphatic heterocycles. The Morgan fingerprint density at radius 2 is 1.57 bits per heavy atom. The Balaban J connectivity index is 3.28. The van der Waals surface area contributed by atoms with Crippen molar-refractivity contribution < 1.29 is 9.32 Å². The number of hydrogen-bond acceptors (Lipinski definition) is 2. The van der Waals surface area contributed by atoms with Gasteiger partial charge in [-0.2, -0.15) is 0 Å². The molecule has 0 saturated heterocycles. The van der Waals surface area contributed by atoms with Crippen LogP contribution in [-0.2, 0) is 10.8 Å². The summed E-state index contributed by atoms with van der Waals surface area (Å²) in [6, 6.07) is 7.64.